The molecular formula is C14H25N. The number of unbranched alkanes of at least 4 members (excludes halogenated alkanes) is 2. The summed E-state index contributed by atoms with van der Waals surface area (Å²) in [7, 11) is 0. The first-order chi connectivity index (χ1) is 7.21. The Balaban J connectivity index is 4.44. The van der Waals surface area contributed by atoms with E-state index in [4.69, 9.17) is 0 Å². The Hall–Kier alpha value is -0.980. The summed E-state index contributed by atoms with van der Waals surface area (Å²) in [5.41, 5.74) is 2.29. The predicted octanol–water partition coefficient (Wildman–Crippen LogP) is 4.14. The standard InChI is InChI=1S/C14H25N/c1-6-10-11-12-14(7-2)13(5)15(8-3)9-4/h7,12H,2,5-6,8-11H2,1,3-4H3/b14-12+. The number of rotatable bonds is 8. The van der Waals surface area contributed by atoms with Crippen molar-refractivity contribution in [2.24, 2.45) is 0 Å². The predicted molar refractivity (Wildman–Crippen MR) is 69.9 cm³/mol. The van der Waals surface area contributed by atoms with Crippen molar-refractivity contribution >= 4 is 0 Å². The minimum atomic E-state index is 1.01. The summed E-state index contributed by atoms with van der Waals surface area (Å²) in [6.07, 6.45) is 7.76. The molecule has 0 rings (SSSR count). The van der Waals surface area contributed by atoms with Crippen LogP contribution in [-0.4, -0.2) is 18.0 Å². The average Bonchev–Trinajstić information content (AvgIpc) is 2.26. The topological polar surface area (TPSA) is 3.24 Å². The summed E-state index contributed by atoms with van der Waals surface area (Å²) in [5, 5.41) is 0. The Kier molecular flexibility index (Phi) is 7.79. The number of hydrogen-bond acceptors (Lipinski definition) is 1. The summed E-state index contributed by atoms with van der Waals surface area (Å²) in [5.74, 6) is 0. The van der Waals surface area contributed by atoms with Crippen molar-refractivity contribution in [1.82, 2.24) is 4.90 Å². The van der Waals surface area contributed by atoms with Crippen molar-refractivity contribution in [3.8, 4) is 0 Å². The van der Waals surface area contributed by atoms with Gasteiger partial charge in [-0.3, -0.25) is 0 Å². The molecular weight excluding hydrogens is 182 g/mol. The molecule has 0 radical (unpaired) electrons. The second-order valence-electron chi connectivity index (χ2n) is 3.62. The first-order valence-electron chi connectivity index (χ1n) is 5.97. The highest BCUT2D eigenvalue weighted by atomic mass is 15.1. The molecule has 0 aromatic carbocycles. The van der Waals surface area contributed by atoms with Crippen LogP contribution in [0.4, 0.5) is 0 Å². The molecule has 0 bridgehead atoms. The van der Waals surface area contributed by atoms with E-state index < -0.39 is 0 Å². The molecule has 1 nitrogen and oxygen atoms in total. The van der Waals surface area contributed by atoms with Gasteiger partial charge in [0.25, 0.3) is 0 Å². The smallest absolute Gasteiger partial charge is 0.0363 e. The van der Waals surface area contributed by atoms with E-state index in [-0.39, 0.29) is 0 Å². The fraction of sp³-hybridized carbons (Fsp3) is 0.571. The summed E-state index contributed by atoms with van der Waals surface area (Å²) in [6.45, 7) is 16.5. The van der Waals surface area contributed by atoms with Gasteiger partial charge in [0.2, 0.25) is 0 Å². The Labute approximate surface area is 95.2 Å². The number of hydrogen-bond donors (Lipinski definition) is 0. The van der Waals surface area contributed by atoms with Crippen LogP contribution in [0.3, 0.4) is 0 Å². The number of likely N-dealkylation sites (N-methyl/N-ethyl adjacent to an activating group) is 1. The van der Waals surface area contributed by atoms with Gasteiger partial charge in [0, 0.05) is 18.8 Å². The Bertz CT molecular complexity index is 221. The lowest BCUT2D eigenvalue weighted by atomic mass is 10.1. The van der Waals surface area contributed by atoms with Gasteiger partial charge in [0.15, 0.2) is 0 Å². The van der Waals surface area contributed by atoms with Crippen LogP contribution in [0.25, 0.3) is 0 Å². The van der Waals surface area contributed by atoms with E-state index in [1.54, 1.807) is 0 Å². The van der Waals surface area contributed by atoms with Gasteiger partial charge >= 0.3 is 0 Å². The molecule has 0 saturated carbocycles. The molecule has 0 fully saturated rings. The van der Waals surface area contributed by atoms with Gasteiger partial charge in [-0.1, -0.05) is 45.1 Å². The number of nitrogens with zero attached hydrogens (tertiary/aromatic N) is 1. The molecule has 0 spiro atoms. The number of allylic oxidation sites excluding steroid dienone is 2. The van der Waals surface area contributed by atoms with Crippen molar-refractivity contribution < 1.29 is 0 Å². The third-order valence-electron chi connectivity index (χ3n) is 2.62. The second kappa shape index (κ2) is 8.34. The molecule has 86 valence electrons. The van der Waals surface area contributed by atoms with Crippen LogP contribution in [0, 0.1) is 0 Å². The van der Waals surface area contributed by atoms with Crippen LogP contribution in [0.5, 0.6) is 0 Å². The SMILES string of the molecule is C=C/C(=C\CCCC)C(=C)N(CC)CC. The molecule has 0 aliphatic rings. The van der Waals surface area contributed by atoms with E-state index in [9.17, 15) is 0 Å². The minimum absolute atomic E-state index is 1.01. The molecule has 1 heteroatoms. The molecule has 0 aromatic rings. The zero-order valence-corrected chi connectivity index (χ0v) is 10.6. The minimum Gasteiger partial charge on any atom is -0.372 e. The van der Waals surface area contributed by atoms with Crippen molar-refractivity contribution in [1.29, 1.82) is 0 Å². The van der Waals surface area contributed by atoms with E-state index in [2.05, 4.69) is 44.9 Å². The lowest BCUT2D eigenvalue weighted by molar-refractivity contribution is 0.392. The molecule has 0 unspecified atom stereocenters. The van der Waals surface area contributed by atoms with E-state index in [0.717, 1.165) is 25.2 Å². The lowest BCUT2D eigenvalue weighted by Gasteiger charge is -2.24. The summed E-state index contributed by atoms with van der Waals surface area (Å²) in [6, 6.07) is 0. The molecule has 0 atom stereocenters. The summed E-state index contributed by atoms with van der Waals surface area (Å²) >= 11 is 0. The van der Waals surface area contributed by atoms with Crippen molar-refractivity contribution in [3.05, 3.63) is 36.6 Å². The second-order valence-corrected chi connectivity index (χ2v) is 3.62. The zero-order chi connectivity index (χ0) is 11.7. The molecule has 0 aromatic heterocycles. The summed E-state index contributed by atoms with van der Waals surface area (Å²) < 4.78 is 0. The van der Waals surface area contributed by atoms with Crippen LogP contribution >= 0.6 is 0 Å². The lowest BCUT2D eigenvalue weighted by Crippen LogP contribution is -2.22. The van der Waals surface area contributed by atoms with Crippen LogP contribution < -0.4 is 0 Å². The van der Waals surface area contributed by atoms with Crippen LogP contribution in [0.1, 0.15) is 40.0 Å². The molecule has 0 aliphatic carbocycles. The molecule has 15 heavy (non-hydrogen) atoms. The zero-order valence-electron chi connectivity index (χ0n) is 10.6. The summed E-state index contributed by atoms with van der Waals surface area (Å²) in [4.78, 5) is 2.26. The van der Waals surface area contributed by atoms with Gasteiger partial charge in [-0.2, -0.15) is 0 Å². The van der Waals surface area contributed by atoms with E-state index in [1.807, 2.05) is 6.08 Å². The normalized spacial score (nSPS) is 11.3. The molecule has 0 N–H and O–H groups in total. The van der Waals surface area contributed by atoms with Crippen molar-refractivity contribution in [2.75, 3.05) is 13.1 Å². The van der Waals surface area contributed by atoms with Gasteiger partial charge in [-0.25, -0.2) is 0 Å². The van der Waals surface area contributed by atoms with Gasteiger partial charge in [0.05, 0.1) is 0 Å². The van der Waals surface area contributed by atoms with E-state index in [0.29, 0.717) is 0 Å². The van der Waals surface area contributed by atoms with Gasteiger partial charge in [-0.15, -0.1) is 0 Å². The Morgan fingerprint density at radius 3 is 2.20 bits per heavy atom. The molecule has 0 saturated heterocycles. The third kappa shape index (κ3) is 4.87. The van der Waals surface area contributed by atoms with Crippen molar-refractivity contribution in [3.63, 3.8) is 0 Å². The van der Waals surface area contributed by atoms with Crippen LogP contribution in [0.2, 0.25) is 0 Å². The fourth-order valence-electron chi connectivity index (χ4n) is 1.57. The van der Waals surface area contributed by atoms with Gasteiger partial charge < -0.3 is 4.90 Å². The molecule has 0 aliphatic heterocycles. The maximum absolute atomic E-state index is 4.13. The highest BCUT2D eigenvalue weighted by Crippen LogP contribution is 2.15. The van der Waals surface area contributed by atoms with Gasteiger partial charge in [-0.05, 0) is 25.8 Å². The van der Waals surface area contributed by atoms with Crippen molar-refractivity contribution in [2.45, 2.75) is 40.0 Å². The highest BCUT2D eigenvalue weighted by molar-refractivity contribution is 5.35. The average molecular weight is 207 g/mol. The van der Waals surface area contributed by atoms with E-state index in [1.165, 1.54) is 18.4 Å². The first kappa shape index (κ1) is 14.0. The Morgan fingerprint density at radius 2 is 1.80 bits per heavy atom. The molecule has 0 heterocycles. The molecule has 0 amide bonds. The third-order valence-corrected chi connectivity index (χ3v) is 2.62. The highest BCUT2D eigenvalue weighted by Gasteiger charge is 2.05. The van der Waals surface area contributed by atoms with Gasteiger partial charge in [0.1, 0.15) is 0 Å². The monoisotopic (exact) mass is 207 g/mol. The van der Waals surface area contributed by atoms with Crippen LogP contribution in [0.15, 0.2) is 36.6 Å². The Morgan fingerprint density at radius 1 is 1.20 bits per heavy atom. The van der Waals surface area contributed by atoms with E-state index >= 15 is 0 Å². The maximum atomic E-state index is 4.13. The van der Waals surface area contributed by atoms with Crippen LogP contribution in [-0.2, 0) is 0 Å². The maximum Gasteiger partial charge on any atom is 0.0363 e. The fourth-order valence-corrected chi connectivity index (χ4v) is 1.57. The quantitative estimate of drug-likeness (QED) is 0.427. The first-order valence-corrected chi connectivity index (χ1v) is 5.97. The largest absolute Gasteiger partial charge is 0.372 e.